The zero-order valence-corrected chi connectivity index (χ0v) is 11.0. The molecule has 1 aromatic carbocycles. The monoisotopic (exact) mass is 291 g/mol. The molecule has 0 aliphatic rings. The van der Waals surface area contributed by atoms with Crippen molar-refractivity contribution < 1.29 is 18.0 Å². The molecule has 0 spiro atoms. The van der Waals surface area contributed by atoms with Crippen LogP contribution in [0.1, 0.15) is 24.5 Å². The number of hydrogen-bond acceptors (Lipinski definition) is 2. The first-order valence-corrected chi connectivity index (χ1v) is 5.78. The Balaban J connectivity index is 3.35. The summed E-state index contributed by atoms with van der Waals surface area (Å²) in [5, 5.41) is -0.696. The van der Waals surface area contributed by atoms with E-state index in [9.17, 15) is 18.0 Å². The van der Waals surface area contributed by atoms with Gasteiger partial charge in [-0.15, -0.1) is 6.58 Å². The van der Waals surface area contributed by atoms with Crippen molar-refractivity contribution >= 4 is 22.5 Å². The molecule has 0 aromatic heterocycles. The maximum absolute atomic E-state index is 12.5. The molecule has 19 heavy (non-hydrogen) atoms. The minimum atomic E-state index is -4.48. The number of carbonyl (C=O) groups is 1. The van der Waals surface area contributed by atoms with Gasteiger partial charge in [0.1, 0.15) is 0 Å². The van der Waals surface area contributed by atoms with Crippen LogP contribution in [0.15, 0.2) is 30.9 Å². The number of allylic oxidation sites excluding steroid dienone is 1. The van der Waals surface area contributed by atoms with Crippen LogP contribution in [0.5, 0.6) is 0 Å². The highest BCUT2D eigenvalue weighted by atomic mass is 35.5. The van der Waals surface area contributed by atoms with Crippen molar-refractivity contribution in [2.75, 3.05) is 5.73 Å². The standard InChI is InChI=1S/C13H13ClF3NO/c1-3-6-12(2,11(14)19)9-5-4-8(7-10(9)18)13(15,16)17/h3-5,7H,1,6,18H2,2H3. The smallest absolute Gasteiger partial charge is 0.398 e. The van der Waals surface area contributed by atoms with E-state index in [1.165, 1.54) is 19.1 Å². The summed E-state index contributed by atoms with van der Waals surface area (Å²) in [5.74, 6) is 0. The predicted molar refractivity (Wildman–Crippen MR) is 68.9 cm³/mol. The van der Waals surface area contributed by atoms with Crippen LogP contribution in [-0.2, 0) is 16.4 Å². The Morgan fingerprint density at radius 3 is 2.42 bits per heavy atom. The van der Waals surface area contributed by atoms with Crippen molar-refractivity contribution in [2.24, 2.45) is 0 Å². The second-order valence-corrected chi connectivity index (χ2v) is 4.74. The van der Waals surface area contributed by atoms with Crippen molar-refractivity contribution in [3.05, 3.63) is 42.0 Å². The summed E-state index contributed by atoms with van der Waals surface area (Å²) in [6, 6.07) is 2.87. The number of rotatable bonds is 4. The molecule has 0 aliphatic carbocycles. The molecular weight excluding hydrogens is 279 g/mol. The lowest BCUT2D eigenvalue weighted by atomic mass is 9.79. The highest BCUT2D eigenvalue weighted by molar-refractivity contribution is 6.65. The van der Waals surface area contributed by atoms with Crippen molar-refractivity contribution in [3.63, 3.8) is 0 Å². The van der Waals surface area contributed by atoms with E-state index >= 15 is 0 Å². The molecule has 2 nitrogen and oxygen atoms in total. The minimum Gasteiger partial charge on any atom is -0.398 e. The Kier molecular flexibility index (Phi) is 4.30. The number of anilines is 1. The van der Waals surface area contributed by atoms with Gasteiger partial charge in [0.05, 0.1) is 11.0 Å². The molecule has 1 aromatic rings. The summed E-state index contributed by atoms with van der Waals surface area (Å²) >= 11 is 5.54. The van der Waals surface area contributed by atoms with Crippen LogP contribution < -0.4 is 5.73 Å². The maximum Gasteiger partial charge on any atom is 0.416 e. The van der Waals surface area contributed by atoms with E-state index in [0.29, 0.717) is 0 Å². The second kappa shape index (κ2) is 5.25. The van der Waals surface area contributed by atoms with E-state index in [1.807, 2.05) is 0 Å². The highest BCUT2D eigenvalue weighted by Gasteiger charge is 2.36. The average molecular weight is 292 g/mol. The predicted octanol–water partition coefficient (Wildman–Crippen LogP) is 3.89. The van der Waals surface area contributed by atoms with Crippen LogP contribution in [0.25, 0.3) is 0 Å². The first kappa shape index (κ1) is 15.6. The molecule has 0 radical (unpaired) electrons. The van der Waals surface area contributed by atoms with Crippen LogP contribution in [0.4, 0.5) is 18.9 Å². The van der Waals surface area contributed by atoms with Gasteiger partial charge in [-0.3, -0.25) is 4.79 Å². The van der Waals surface area contributed by atoms with Gasteiger partial charge < -0.3 is 5.73 Å². The minimum absolute atomic E-state index is 0.117. The number of nitrogen functional groups attached to an aromatic ring is 1. The van der Waals surface area contributed by atoms with Crippen molar-refractivity contribution in [3.8, 4) is 0 Å². The molecule has 104 valence electrons. The van der Waals surface area contributed by atoms with Gasteiger partial charge in [0.25, 0.3) is 0 Å². The van der Waals surface area contributed by atoms with Crippen LogP contribution in [0.3, 0.4) is 0 Å². The molecule has 0 fully saturated rings. The van der Waals surface area contributed by atoms with E-state index < -0.39 is 22.4 Å². The van der Waals surface area contributed by atoms with Gasteiger partial charge in [0.15, 0.2) is 0 Å². The van der Waals surface area contributed by atoms with Gasteiger partial charge in [-0.1, -0.05) is 12.1 Å². The van der Waals surface area contributed by atoms with Gasteiger partial charge in [0.2, 0.25) is 5.24 Å². The molecule has 0 heterocycles. The molecular formula is C13H13ClF3NO. The summed E-state index contributed by atoms with van der Waals surface area (Å²) in [6.07, 6.45) is -2.82. The quantitative estimate of drug-likeness (QED) is 0.519. The molecule has 0 saturated carbocycles. The molecule has 0 aliphatic heterocycles. The fourth-order valence-corrected chi connectivity index (χ4v) is 2.01. The summed E-state index contributed by atoms with van der Waals surface area (Å²) in [7, 11) is 0. The van der Waals surface area contributed by atoms with E-state index in [1.54, 1.807) is 0 Å². The highest BCUT2D eigenvalue weighted by Crippen LogP contribution is 2.38. The molecule has 1 unspecified atom stereocenters. The average Bonchev–Trinajstić information content (AvgIpc) is 2.27. The van der Waals surface area contributed by atoms with Crippen molar-refractivity contribution in [1.82, 2.24) is 0 Å². The molecule has 1 rings (SSSR count). The Morgan fingerprint density at radius 1 is 1.47 bits per heavy atom. The molecule has 1 atom stereocenters. The summed E-state index contributed by atoms with van der Waals surface area (Å²) in [5.41, 5.74) is 3.73. The lowest BCUT2D eigenvalue weighted by Gasteiger charge is -2.26. The Morgan fingerprint density at radius 2 is 2.05 bits per heavy atom. The molecule has 0 saturated heterocycles. The van der Waals surface area contributed by atoms with Crippen LogP contribution in [0, 0.1) is 0 Å². The number of alkyl halides is 3. The SMILES string of the molecule is C=CCC(C)(C(=O)Cl)c1ccc(C(F)(F)F)cc1N. The summed E-state index contributed by atoms with van der Waals surface area (Å²) < 4.78 is 37.6. The van der Waals surface area contributed by atoms with Crippen molar-refractivity contribution in [2.45, 2.75) is 24.9 Å². The fourth-order valence-electron chi connectivity index (χ4n) is 1.83. The third kappa shape index (κ3) is 3.10. The topological polar surface area (TPSA) is 43.1 Å². The van der Waals surface area contributed by atoms with Gasteiger partial charge in [-0.25, -0.2) is 0 Å². The number of halogens is 4. The van der Waals surface area contributed by atoms with Gasteiger partial charge in [-0.05, 0) is 42.6 Å². The maximum atomic E-state index is 12.5. The molecule has 6 heteroatoms. The largest absolute Gasteiger partial charge is 0.416 e. The lowest BCUT2D eigenvalue weighted by Crippen LogP contribution is -2.29. The van der Waals surface area contributed by atoms with Gasteiger partial charge in [-0.2, -0.15) is 13.2 Å². The van der Waals surface area contributed by atoms with Crippen LogP contribution in [-0.4, -0.2) is 5.24 Å². The zero-order chi connectivity index (χ0) is 14.8. The third-order valence-electron chi connectivity index (χ3n) is 2.96. The number of nitrogens with two attached hydrogens (primary N) is 1. The normalized spacial score (nSPS) is 14.8. The summed E-state index contributed by atoms with van der Waals surface area (Å²) in [4.78, 5) is 11.5. The van der Waals surface area contributed by atoms with Crippen LogP contribution in [0.2, 0.25) is 0 Å². The Bertz CT molecular complexity index is 513. The zero-order valence-electron chi connectivity index (χ0n) is 10.2. The first-order chi connectivity index (χ1) is 8.63. The second-order valence-electron chi connectivity index (χ2n) is 4.40. The van der Waals surface area contributed by atoms with Gasteiger partial charge in [0, 0.05) is 5.69 Å². The Hall–Kier alpha value is -1.49. The molecule has 0 bridgehead atoms. The van der Waals surface area contributed by atoms with E-state index in [-0.39, 0.29) is 17.7 Å². The van der Waals surface area contributed by atoms with E-state index in [0.717, 1.165) is 12.1 Å². The molecule has 0 amide bonds. The first-order valence-electron chi connectivity index (χ1n) is 5.41. The lowest BCUT2D eigenvalue weighted by molar-refractivity contribution is -0.137. The summed E-state index contributed by atoms with van der Waals surface area (Å²) in [6.45, 7) is 5.03. The van der Waals surface area contributed by atoms with Crippen LogP contribution >= 0.6 is 11.6 Å². The van der Waals surface area contributed by atoms with Gasteiger partial charge >= 0.3 is 6.18 Å². The van der Waals surface area contributed by atoms with Crippen molar-refractivity contribution in [1.29, 1.82) is 0 Å². The number of carbonyl (C=O) groups excluding carboxylic acids is 1. The number of benzene rings is 1. The van der Waals surface area contributed by atoms with E-state index in [4.69, 9.17) is 17.3 Å². The van der Waals surface area contributed by atoms with E-state index in [2.05, 4.69) is 6.58 Å². The Labute approximate surface area is 114 Å². The fraction of sp³-hybridized carbons (Fsp3) is 0.308. The number of hydrogen-bond donors (Lipinski definition) is 1. The molecule has 2 N–H and O–H groups in total. The third-order valence-corrected chi connectivity index (χ3v) is 3.38.